The first-order chi connectivity index (χ1) is 37.9. The largest absolute Gasteiger partial charge is 0.488 e. The number of aromatic nitrogens is 6. The van der Waals surface area contributed by atoms with Crippen molar-refractivity contribution in [3.63, 3.8) is 0 Å². The van der Waals surface area contributed by atoms with Gasteiger partial charge in [0, 0.05) is 19.0 Å². The first-order valence-electron chi connectivity index (χ1n) is 26.1. The summed E-state index contributed by atoms with van der Waals surface area (Å²) < 4.78 is 10.3. The third-order valence-corrected chi connectivity index (χ3v) is 15.3. The van der Waals surface area contributed by atoms with E-state index in [4.69, 9.17) is 31.0 Å². The van der Waals surface area contributed by atoms with Gasteiger partial charge in [0.2, 0.25) is 0 Å². The van der Waals surface area contributed by atoms with E-state index in [1.165, 1.54) is 0 Å². The molecule has 1 fully saturated rings. The van der Waals surface area contributed by atoms with Crippen molar-refractivity contribution >= 4 is 29.0 Å². The van der Waals surface area contributed by atoms with Crippen LogP contribution in [-0.4, -0.2) is 70.0 Å². The van der Waals surface area contributed by atoms with Crippen LogP contribution < -0.4 is 21.3 Å². The Bertz CT molecular complexity index is 3490. The van der Waals surface area contributed by atoms with Gasteiger partial charge >= 0.3 is 6.09 Å². The Hall–Kier alpha value is -9.40. The minimum absolute atomic E-state index is 0.00244. The van der Waals surface area contributed by atoms with Crippen LogP contribution in [0.5, 0.6) is 5.75 Å². The number of likely N-dealkylation sites (tertiary alicyclic amines) is 1. The lowest BCUT2D eigenvalue weighted by molar-refractivity contribution is -0.137. The number of carbonyl (C=O) groups is 2. The van der Waals surface area contributed by atoms with E-state index in [9.17, 15) is 14.7 Å². The molecule has 5 N–H and O–H groups in total. The van der Waals surface area contributed by atoms with Crippen LogP contribution in [0.2, 0.25) is 0 Å². The van der Waals surface area contributed by atoms with Crippen LogP contribution in [0.25, 0.3) is 11.2 Å². The van der Waals surface area contributed by atoms with Crippen LogP contribution in [0.1, 0.15) is 77.3 Å². The third kappa shape index (κ3) is 9.09. The standard InChI is InChI=1S/C64H60N10O4/c1-61(2,3)62(59(75)69-65)40-55(44-73(62)60(76)77)78-54-36-22-23-45(38-54)42-72-43-46(41-66-72)37-47-39-56(68-63(48-24-10-4-11-25-48,49-26-12-5-13-27-49)50-28-14-6-15-29-50)67-58-57(47)70-71-74(58)64(51-30-16-7-17-31-51,52-32-18-8-19-33-52)53-34-20-9-21-35-53/h4-36,38-39,41,43,55H,37,40,42,44,65H2,1-3H3,(H,67,68)(H,69,75)(H,76,77)/t55-,62-/m1/s1. The van der Waals surface area contributed by atoms with Crippen molar-refractivity contribution in [3.05, 3.63) is 275 Å². The van der Waals surface area contributed by atoms with Crippen molar-refractivity contribution < 1.29 is 19.4 Å². The molecular formula is C64H60N10O4. The fourth-order valence-corrected chi connectivity index (χ4v) is 11.7. The summed E-state index contributed by atoms with van der Waals surface area (Å²) in [5.41, 5.74) is 8.10. The Balaban J connectivity index is 1.01. The van der Waals surface area contributed by atoms with Crippen molar-refractivity contribution in [3.8, 4) is 5.75 Å². The molecule has 10 aromatic rings. The molecule has 4 heterocycles. The van der Waals surface area contributed by atoms with E-state index in [0.717, 1.165) is 55.0 Å². The molecule has 2 amide bonds. The number of anilines is 1. The lowest BCUT2D eigenvalue weighted by Crippen LogP contribution is -2.65. The zero-order valence-electron chi connectivity index (χ0n) is 43.6. The average Bonchev–Trinajstić information content (AvgIpc) is 4.34. The van der Waals surface area contributed by atoms with Crippen LogP contribution >= 0.6 is 0 Å². The van der Waals surface area contributed by atoms with E-state index in [1.807, 2.05) is 103 Å². The molecule has 1 aliphatic heterocycles. The van der Waals surface area contributed by atoms with Crippen molar-refractivity contribution in [1.82, 2.24) is 40.1 Å². The summed E-state index contributed by atoms with van der Waals surface area (Å²) in [6.45, 7) is 5.91. The molecule has 14 nitrogen and oxygen atoms in total. The van der Waals surface area contributed by atoms with E-state index in [2.05, 4.69) is 162 Å². The maximum Gasteiger partial charge on any atom is 0.408 e. The summed E-state index contributed by atoms with van der Waals surface area (Å²) in [4.78, 5) is 32.7. The molecule has 0 unspecified atom stereocenters. The molecule has 1 aliphatic rings. The van der Waals surface area contributed by atoms with Crippen LogP contribution in [0.3, 0.4) is 0 Å². The van der Waals surface area contributed by atoms with Gasteiger partial charge in [-0.2, -0.15) is 5.10 Å². The molecule has 0 radical (unpaired) electrons. The second-order valence-electron chi connectivity index (χ2n) is 20.9. The van der Waals surface area contributed by atoms with Gasteiger partial charge in [-0.05, 0) is 73.7 Å². The highest BCUT2D eigenvalue weighted by atomic mass is 16.5. The minimum Gasteiger partial charge on any atom is -0.488 e. The maximum atomic E-state index is 13.3. The van der Waals surface area contributed by atoms with E-state index in [0.29, 0.717) is 35.7 Å². The van der Waals surface area contributed by atoms with Gasteiger partial charge in [0.1, 0.15) is 39.8 Å². The molecule has 11 rings (SSSR count). The molecule has 3 aromatic heterocycles. The lowest BCUT2D eigenvalue weighted by atomic mass is 9.71. The Labute approximate surface area is 453 Å². The number of hydrogen-bond donors (Lipinski definition) is 4. The van der Waals surface area contributed by atoms with Gasteiger partial charge < -0.3 is 15.2 Å². The number of carboxylic acid groups (broad SMARTS) is 1. The molecule has 7 aromatic carbocycles. The highest BCUT2D eigenvalue weighted by Gasteiger charge is 2.61. The first kappa shape index (κ1) is 50.7. The summed E-state index contributed by atoms with van der Waals surface area (Å²) in [6, 6.07) is 72.5. The second kappa shape index (κ2) is 21.0. The molecular weight excluding hydrogens is 973 g/mol. The quantitative estimate of drug-likeness (QED) is 0.0315. The SMILES string of the molecule is CC(C)(C)[C@]1(C(=O)NN)C[C@@H](Oc2cccc(Cn3cc(Cc4cc(NC(c5ccccc5)(c5ccccc5)c5ccccc5)nc5c4nnn5C(c4ccccc4)(c4ccccc4)c4ccccc4)cn3)c2)CN1C(=O)O. The van der Waals surface area contributed by atoms with Crippen molar-refractivity contribution in [2.24, 2.45) is 11.3 Å². The number of nitrogens with zero attached hydrogens (tertiary/aromatic N) is 7. The number of fused-ring (bicyclic) bond motifs is 1. The first-order valence-corrected chi connectivity index (χ1v) is 26.1. The van der Waals surface area contributed by atoms with Crippen molar-refractivity contribution in [1.29, 1.82) is 0 Å². The van der Waals surface area contributed by atoms with Crippen LogP contribution in [0.15, 0.2) is 225 Å². The number of nitrogens with two attached hydrogens (primary N) is 1. The topological polar surface area (TPSA) is 178 Å². The number of carbonyl (C=O) groups excluding carboxylic acids is 1. The molecule has 14 heteroatoms. The minimum atomic E-state index is -1.43. The Kier molecular flexibility index (Phi) is 13.6. The fraction of sp³-hybridized carbons (Fsp3) is 0.188. The van der Waals surface area contributed by atoms with Gasteiger partial charge in [-0.15, -0.1) is 5.10 Å². The Morgan fingerprint density at radius 2 is 1.19 bits per heavy atom. The molecule has 1 saturated heterocycles. The van der Waals surface area contributed by atoms with E-state index < -0.39 is 40.1 Å². The number of hydrazine groups is 1. The number of amides is 2. The summed E-state index contributed by atoms with van der Waals surface area (Å²) in [7, 11) is 0. The summed E-state index contributed by atoms with van der Waals surface area (Å²) >= 11 is 0. The smallest absolute Gasteiger partial charge is 0.408 e. The normalized spacial score (nSPS) is 15.7. The zero-order valence-corrected chi connectivity index (χ0v) is 43.6. The Morgan fingerprint density at radius 3 is 1.68 bits per heavy atom. The Morgan fingerprint density at radius 1 is 0.679 bits per heavy atom. The van der Waals surface area contributed by atoms with Crippen molar-refractivity contribution in [2.75, 3.05) is 11.9 Å². The van der Waals surface area contributed by atoms with Gasteiger partial charge in [-0.1, -0.05) is 220 Å². The van der Waals surface area contributed by atoms with Crippen LogP contribution in [0, 0.1) is 5.41 Å². The average molecular weight is 1030 g/mol. The molecule has 78 heavy (non-hydrogen) atoms. The molecule has 0 saturated carbocycles. The van der Waals surface area contributed by atoms with Crippen LogP contribution in [0.4, 0.5) is 10.6 Å². The number of benzene rings is 7. The van der Waals surface area contributed by atoms with Gasteiger partial charge in [0.25, 0.3) is 5.91 Å². The van der Waals surface area contributed by atoms with Crippen molar-refractivity contribution in [2.45, 2.75) is 62.9 Å². The van der Waals surface area contributed by atoms with Gasteiger partial charge in [-0.3, -0.25) is 19.8 Å². The summed E-state index contributed by atoms with van der Waals surface area (Å²) in [6.07, 6.45) is 2.66. The molecule has 390 valence electrons. The third-order valence-electron chi connectivity index (χ3n) is 15.3. The highest BCUT2D eigenvalue weighted by Crippen LogP contribution is 2.46. The monoisotopic (exact) mass is 1030 g/mol. The number of nitrogens with one attached hydrogen (secondary N) is 2. The number of rotatable bonds is 16. The number of hydrogen-bond acceptors (Lipinski definition) is 9. The number of ether oxygens (including phenoxy) is 1. The molecule has 0 aliphatic carbocycles. The van der Waals surface area contributed by atoms with Gasteiger partial charge in [0.05, 0.1) is 19.3 Å². The predicted octanol–water partition coefficient (Wildman–Crippen LogP) is 10.8. The van der Waals surface area contributed by atoms with Crippen LogP contribution in [-0.2, 0) is 28.8 Å². The van der Waals surface area contributed by atoms with E-state index in [1.54, 1.807) is 0 Å². The number of pyridine rings is 1. The van der Waals surface area contributed by atoms with Gasteiger partial charge in [-0.25, -0.2) is 20.3 Å². The zero-order chi connectivity index (χ0) is 53.9. The molecule has 2 atom stereocenters. The van der Waals surface area contributed by atoms with E-state index >= 15 is 0 Å². The van der Waals surface area contributed by atoms with Gasteiger partial charge in [0.15, 0.2) is 5.65 Å². The fourth-order valence-electron chi connectivity index (χ4n) is 11.7. The summed E-state index contributed by atoms with van der Waals surface area (Å²) in [5.74, 6) is 6.23. The molecule has 0 spiro atoms. The second-order valence-corrected chi connectivity index (χ2v) is 20.9. The summed E-state index contributed by atoms with van der Waals surface area (Å²) in [5, 5.41) is 29.4. The predicted molar refractivity (Wildman–Crippen MR) is 302 cm³/mol. The van der Waals surface area contributed by atoms with E-state index in [-0.39, 0.29) is 13.0 Å². The molecule has 0 bridgehead atoms. The highest BCUT2D eigenvalue weighted by molar-refractivity contribution is 5.91. The lowest BCUT2D eigenvalue weighted by Gasteiger charge is -2.44. The maximum absolute atomic E-state index is 13.3.